The van der Waals surface area contributed by atoms with Gasteiger partial charge in [-0.3, -0.25) is 4.79 Å². The van der Waals surface area contributed by atoms with Crippen LogP contribution in [-0.2, 0) is 16.1 Å². The molecule has 0 bridgehead atoms. The minimum Gasteiger partial charge on any atom is -0.507 e. The molecule has 0 unspecified atom stereocenters. The van der Waals surface area contributed by atoms with Crippen LogP contribution in [0.15, 0.2) is 48.5 Å². The van der Waals surface area contributed by atoms with Gasteiger partial charge in [0, 0.05) is 6.54 Å². The van der Waals surface area contributed by atoms with Crippen LogP contribution in [0.3, 0.4) is 0 Å². The van der Waals surface area contributed by atoms with Crippen LogP contribution in [-0.4, -0.2) is 34.8 Å². The van der Waals surface area contributed by atoms with Crippen molar-refractivity contribution < 1.29 is 34.1 Å². The van der Waals surface area contributed by atoms with Gasteiger partial charge in [-0.15, -0.1) is 0 Å². The number of nitrogens with one attached hydrogen (secondary N) is 1. The first-order valence-electron chi connectivity index (χ1n) is 10.1. The molecule has 1 aliphatic rings. The standard InChI is InChI=1S/C23H25NO7/c25-20-11-10-18(12-19(20)21(26)27)31-22(28)17-8-6-15(7-9-17)13-24-23(29)30-14-16-4-2-1-3-5-16/h1-5,10-12,15,17,25H,6-9,13-14H2,(H,24,29)(H,26,27). The molecule has 1 saturated carbocycles. The Morgan fingerprint density at radius 3 is 2.39 bits per heavy atom. The number of carbonyl (C=O) groups is 3. The molecule has 2 aromatic carbocycles. The number of hydrogen-bond acceptors (Lipinski definition) is 6. The van der Waals surface area contributed by atoms with E-state index in [1.165, 1.54) is 12.1 Å². The molecule has 0 aliphatic heterocycles. The highest BCUT2D eigenvalue weighted by molar-refractivity contribution is 5.91. The van der Waals surface area contributed by atoms with Gasteiger partial charge in [0.05, 0.1) is 5.92 Å². The lowest BCUT2D eigenvalue weighted by Gasteiger charge is -2.27. The number of carbonyl (C=O) groups excluding carboxylic acids is 2. The Morgan fingerprint density at radius 1 is 1.00 bits per heavy atom. The lowest BCUT2D eigenvalue weighted by molar-refractivity contribution is -0.140. The highest BCUT2D eigenvalue weighted by Crippen LogP contribution is 2.30. The third kappa shape index (κ3) is 6.47. The number of amides is 1. The van der Waals surface area contributed by atoms with Crippen LogP contribution in [0, 0.1) is 11.8 Å². The van der Waals surface area contributed by atoms with Gasteiger partial charge in [0.2, 0.25) is 0 Å². The maximum Gasteiger partial charge on any atom is 0.407 e. The van der Waals surface area contributed by atoms with Gasteiger partial charge in [-0.25, -0.2) is 9.59 Å². The van der Waals surface area contributed by atoms with Crippen molar-refractivity contribution in [2.75, 3.05) is 6.54 Å². The van der Waals surface area contributed by atoms with Gasteiger partial charge in [0.1, 0.15) is 23.7 Å². The van der Waals surface area contributed by atoms with Gasteiger partial charge < -0.3 is 25.0 Å². The minimum atomic E-state index is -1.30. The summed E-state index contributed by atoms with van der Waals surface area (Å²) < 4.78 is 10.5. The number of aromatic hydroxyl groups is 1. The molecule has 1 aliphatic carbocycles. The Labute approximate surface area is 179 Å². The van der Waals surface area contributed by atoms with E-state index in [-0.39, 0.29) is 35.5 Å². The molecule has 0 spiro atoms. The highest BCUT2D eigenvalue weighted by atomic mass is 16.5. The fourth-order valence-electron chi connectivity index (χ4n) is 3.55. The molecule has 0 saturated heterocycles. The van der Waals surface area contributed by atoms with Crippen molar-refractivity contribution in [2.45, 2.75) is 32.3 Å². The molecule has 164 valence electrons. The molecular formula is C23H25NO7. The fourth-order valence-corrected chi connectivity index (χ4v) is 3.55. The van der Waals surface area contributed by atoms with E-state index in [2.05, 4.69) is 5.32 Å². The second kappa shape index (κ2) is 10.5. The largest absolute Gasteiger partial charge is 0.507 e. The van der Waals surface area contributed by atoms with Crippen molar-refractivity contribution in [1.29, 1.82) is 0 Å². The van der Waals surface area contributed by atoms with Gasteiger partial charge in [-0.2, -0.15) is 0 Å². The summed E-state index contributed by atoms with van der Waals surface area (Å²) in [6.07, 6.45) is 2.29. The third-order valence-corrected chi connectivity index (χ3v) is 5.34. The van der Waals surface area contributed by atoms with Crippen LogP contribution in [0.4, 0.5) is 4.79 Å². The first-order chi connectivity index (χ1) is 14.9. The zero-order chi connectivity index (χ0) is 22.2. The number of hydrogen-bond donors (Lipinski definition) is 3. The Hall–Kier alpha value is -3.55. The number of esters is 1. The van der Waals surface area contributed by atoms with Gasteiger partial charge in [-0.1, -0.05) is 30.3 Å². The maximum atomic E-state index is 12.4. The molecule has 2 aromatic rings. The Kier molecular flexibility index (Phi) is 7.48. The number of alkyl carbamates (subject to hydrolysis) is 1. The lowest BCUT2D eigenvalue weighted by atomic mass is 9.82. The van der Waals surface area contributed by atoms with E-state index in [1.54, 1.807) is 0 Å². The Morgan fingerprint density at radius 2 is 1.71 bits per heavy atom. The summed E-state index contributed by atoms with van der Waals surface area (Å²) in [6.45, 7) is 0.696. The van der Waals surface area contributed by atoms with Crippen LogP contribution in [0.2, 0.25) is 0 Å². The van der Waals surface area contributed by atoms with Crippen molar-refractivity contribution in [2.24, 2.45) is 11.8 Å². The van der Waals surface area contributed by atoms with Gasteiger partial charge in [-0.05, 0) is 55.4 Å². The number of benzene rings is 2. The van der Waals surface area contributed by atoms with Crippen molar-refractivity contribution >= 4 is 18.0 Å². The van der Waals surface area contributed by atoms with E-state index in [0.29, 0.717) is 19.4 Å². The summed E-state index contributed by atoms with van der Waals surface area (Å²) in [4.78, 5) is 35.4. The van der Waals surface area contributed by atoms with Crippen molar-refractivity contribution in [3.8, 4) is 11.5 Å². The molecule has 31 heavy (non-hydrogen) atoms. The second-order valence-electron chi connectivity index (χ2n) is 7.57. The topological polar surface area (TPSA) is 122 Å². The monoisotopic (exact) mass is 427 g/mol. The lowest BCUT2D eigenvalue weighted by Crippen LogP contribution is -2.33. The molecule has 0 radical (unpaired) electrons. The van der Waals surface area contributed by atoms with Crippen LogP contribution in [0.25, 0.3) is 0 Å². The van der Waals surface area contributed by atoms with Crippen LogP contribution in [0.1, 0.15) is 41.6 Å². The van der Waals surface area contributed by atoms with E-state index in [0.717, 1.165) is 24.5 Å². The summed E-state index contributed by atoms with van der Waals surface area (Å²) in [5.41, 5.74) is 0.597. The molecular weight excluding hydrogens is 402 g/mol. The van der Waals surface area contributed by atoms with Crippen molar-refractivity contribution in [3.63, 3.8) is 0 Å². The van der Waals surface area contributed by atoms with Crippen LogP contribution >= 0.6 is 0 Å². The molecule has 8 heteroatoms. The predicted molar refractivity (Wildman–Crippen MR) is 111 cm³/mol. The first-order valence-corrected chi connectivity index (χ1v) is 10.1. The molecule has 3 rings (SSSR count). The average molecular weight is 427 g/mol. The summed E-state index contributed by atoms with van der Waals surface area (Å²) in [5, 5.41) is 21.4. The van der Waals surface area contributed by atoms with E-state index >= 15 is 0 Å². The molecule has 0 atom stereocenters. The molecule has 0 heterocycles. The SMILES string of the molecule is O=C(NCC1CCC(C(=O)Oc2ccc(O)c(C(=O)O)c2)CC1)OCc1ccccc1. The van der Waals surface area contributed by atoms with Crippen molar-refractivity contribution in [3.05, 3.63) is 59.7 Å². The van der Waals surface area contributed by atoms with E-state index in [1.807, 2.05) is 30.3 Å². The number of ether oxygens (including phenoxy) is 2. The smallest absolute Gasteiger partial charge is 0.407 e. The molecule has 1 amide bonds. The van der Waals surface area contributed by atoms with Crippen LogP contribution < -0.4 is 10.1 Å². The molecule has 8 nitrogen and oxygen atoms in total. The first kappa shape index (κ1) is 22.1. The van der Waals surface area contributed by atoms with Crippen LogP contribution in [0.5, 0.6) is 11.5 Å². The molecule has 3 N–H and O–H groups in total. The van der Waals surface area contributed by atoms with E-state index < -0.39 is 18.0 Å². The number of phenols is 1. The van der Waals surface area contributed by atoms with Gasteiger partial charge in [0.25, 0.3) is 0 Å². The third-order valence-electron chi connectivity index (χ3n) is 5.34. The predicted octanol–water partition coefficient (Wildman–Crippen LogP) is 3.73. The second-order valence-corrected chi connectivity index (χ2v) is 7.57. The van der Waals surface area contributed by atoms with E-state index in [4.69, 9.17) is 14.6 Å². The molecule has 1 fully saturated rings. The van der Waals surface area contributed by atoms with Gasteiger partial charge in [0.15, 0.2) is 0 Å². The summed E-state index contributed by atoms with van der Waals surface area (Å²) >= 11 is 0. The number of carboxylic acid groups (broad SMARTS) is 1. The number of rotatable bonds is 7. The highest BCUT2D eigenvalue weighted by Gasteiger charge is 2.28. The van der Waals surface area contributed by atoms with E-state index in [9.17, 15) is 19.5 Å². The fraction of sp³-hybridized carbons (Fsp3) is 0.348. The maximum absolute atomic E-state index is 12.4. The zero-order valence-electron chi connectivity index (χ0n) is 17.0. The Bertz CT molecular complexity index is 921. The van der Waals surface area contributed by atoms with Crippen molar-refractivity contribution in [1.82, 2.24) is 5.32 Å². The minimum absolute atomic E-state index is 0.0881. The normalized spacial score (nSPS) is 18.1. The quantitative estimate of drug-likeness (QED) is 0.454. The summed E-state index contributed by atoms with van der Waals surface area (Å²) in [6, 6.07) is 13.1. The zero-order valence-corrected chi connectivity index (χ0v) is 17.0. The molecule has 0 aromatic heterocycles. The average Bonchev–Trinajstić information content (AvgIpc) is 2.78. The summed E-state index contributed by atoms with van der Waals surface area (Å²) in [7, 11) is 0. The Balaban J connectivity index is 1.39. The number of aromatic carboxylic acids is 1. The van der Waals surface area contributed by atoms with Gasteiger partial charge >= 0.3 is 18.0 Å². The summed E-state index contributed by atoms with van der Waals surface area (Å²) in [5.74, 6) is -2.06. The number of carboxylic acids is 1.